The number of nitrogens with zero attached hydrogens (tertiary/aromatic N) is 2. The second kappa shape index (κ2) is 7.19. The van der Waals surface area contributed by atoms with Gasteiger partial charge in [0.1, 0.15) is 0 Å². The van der Waals surface area contributed by atoms with E-state index in [4.69, 9.17) is 22.4 Å². The lowest BCUT2D eigenvalue weighted by Crippen LogP contribution is -2.37. The number of rotatable bonds is 4. The molecule has 0 radical (unpaired) electrons. The number of fused-ring (bicyclic) bond motifs is 3. The first-order valence-electron chi connectivity index (χ1n) is 9.86. The summed E-state index contributed by atoms with van der Waals surface area (Å²) in [5, 5.41) is 5.63. The van der Waals surface area contributed by atoms with E-state index >= 15 is 4.39 Å². The molecule has 0 bridgehead atoms. The Labute approximate surface area is 188 Å². The first kappa shape index (κ1) is 20.7. The number of aryl methyl sites for hydroxylation is 2. The van der Waals surface area contributed by atoms with E-state index in [-0.39, 0.29) is 17.2 Å². The topological polar surface area (TPSA) is 88.8 Å². The summed E-state index contributed by atoms with van der Waals surface area (Å²) in [5.74, 6) is 0.758. The SMILES string of the molecule is C#Cc1cccc(S(=O)(=O)C(F)(c2nnc(C)o2)C2CCc3[nH]c4ccc(Cl)cc4c32)c1. The number of aromatic nitrogens is 3. The fourth-order valence-corrected chi connectivity index (χ4v) is 6.43. The molecule has 0 saturated carbocycles. The standard InChI is InChI=1S/C23H17ClFN3O3S/c1-3-14-5-4-6-16(11-14)32(29,30)23(25,22-28-27-13(2)31-22)18-8-10-20-21(18)17-12-15(24)7-9-19(17)26-20/h1,4-7,9,11-12,18,26H,8,10H2,2H3. The van der Waals surface area contributed by atoms with E-state index in [0.717, 1.165) is 11.2 Å². The molecule has 6 nitrogen and oxygen atoms in total. The molecule has 1 N–H and O–H groups in total. The van der Waals surface area contributed by atoms with Crippen molar-refractivity contribution >= 4 is 32.3 Å². The van der Waals surface area contributed by atoms with Gasteiger partial charge in [0.25, 0.3) is 10.9 Å². The number of hydrogen-bond donors (Lipinski definition) is 1. The molecule has 0 saturated heterocycles. The second-order valence-corrected chi connectivity index (χ2v) is 10.3. The first-order chi connectivity index (χ1) is 15.3. The predicted molar refractivity (Wildman–Crippen MR) is 118 cm³/mol. The Balaban J connectivity index is 1.78. The summed E-state index contributed by atoms with van der Waals surface area (Å²) in [6.07, 6.45) is 6.13. The lowest BCUT2D eigenvalue weighted by molar-refractivity contribution is 0.174. The van der Waals surface area contributed by atoms with Gasteiger partial charge in [-0.2, -0.15) is 0 Å². The molecule has 5 rings (SSSR count). The van der Waals surface area contributed by atoms with Gasteiger partial charge >= 0.3 is 0 Å². The van der Waals surface area contributed by atoms with E-state index < -0.39 is 26.6 Å². The minimum absolute atomic E-state index is 0.0646. The van der Waals surface area contributed by atoms with Crippen molar-refractivity contribution in [3.8, 4) is 12.3 Å². The summed E-state index contributed by atoms with van der Waals surface area (Å²) in [4.78, 5) is 3.01. The van der Waals surface area contributed by atoms with Crippen LogP contribution in [0.1, 0.15) is 40.9 Å². The number of aromatic amines is 1. The minimum atomic E-state index is -4.66. The van der Waals surface area contributed by atoms with Crippen LogP contribution in [-0.4, -0.2) is 23.6 Å². The van der Waals surface area contributed by atoms with Crippen molar-refractivity contribution in [1.29, 1.82) is 0 Å². The second-order valence-electron chi connectivity index (χ2n) is 7.75. The average Bonchev–Trinajstić information content (AvgIpc) is 3.48. The van der Waals surface area contributed by atoms with E-state index in [9.17, 15) is 8.42 Å². The van der Waals surface area contributed by atoms with Crippen LogP contribution in [0.15, 0.2) is 51.8 Å². The lowest BCUT2D eigenvalue weighted by atomic mass is 9.94. The van der Waals surface area contributed by atoms with Crippen LogP contribution in [0.25, 0.3) is 10.9 Å². The number of halogens is 2. The van der Waals surface area contributed by atoms with Gasteiger partial charge in [-0.05, 0) is 54.8 Å². The van der Waals surface area contributed by atoms with Crippen molar-refractivity contribution in [2.45, 2.75) is 35.6 Å². The molecular weight excluding hydrogens is 453 g/mol. The Kier molecular flexibility index (Phi) is 4.66. The van der Waals surface area contributed by atoms with Gasteiger partial charge in [-0.15, -0.1) is 16.6 Å². The zero-order valence-electron chi connectivity index (χ0n) is 16.9. The number of hydrogen-bond acceptors (Lipinski definition) is 5. The molecular formula is C23H17ClFN3O3S. The van der Waals surface area contributed by atoms with Crippen molar-refractivity contribution in [1.82, 2.24) is 15.2 Å². The van der Waals surface area contributed by atoms with E-state index in [2.05, 4.69) is 21.1 Å². The number of sulfone groups is 1. The van der Waals surface area contributed by atoms with Crippen LogP contribution < -0.4 is 0 Å². The van der Waals surface area contributed by atoms with Gasteiger partial charge in [-0.3, -0.25) is 0 Å². The molecule has 2 aromatic carbocycles. The third kappa shape index (κ3) is 2.89. The molecule has 2 atom stereocenters. The van der Waals surface area contributed by atoms with Crippen molar-refractivity contribution in [2.24, 2.45) is 0 Å². The van der Waals surface area contributed by atoms with Crippen LogP contribution in [-0.2, 0) is 21.3 Å². The number of alkyl halides is 1. The van der Waals surface area contributed by atoms with E-state index in [0.29, 0.717) is 28.0 Å². The third-order valence-electron chi connectivity index (χ3n) is 5.88. The maximum Gasteiger partial charge on any atom is 0.298 e. The number of H-pyrrole nitrogens is 1. The minimum Gasteiger partial charge on any atom is -0.421 e. The molecule has 0 fully saturated rings. The largest absolute Gasteiger partial charge is 0.421 e. The summed E-state index contributed by atoms with van der Waals surface area (Å²) in [7, 11) is -4.66. The van der Waals surface area contributed by atoms with Crippen molar-refractivity contribution in [2.75, 3.05) is 0 Å². The first-order valence-corrected chi connectivity index (χ1v) is 11.7. The van der Waals surface area contributed by atoms with Crippen LogP contribution in [0.2, 0.25) is 5.02 Å². The summed E-state index contributed by atoms with van der Waals surface area (Å²) in [6.45, 7) is 1.48. The van der Waals surface area contributed by atoms with E-state index in [1.165, 1.54) is 25.1 Å². The Hall–Kier alpha value is -3.15. The van der Waals surface area contributed by atoms with Gasteiger partial charge in [0.2, 0.25) is 15.7 Å². The summed E-state index contributed by atoms with van der Waals surface area (Å²) in [6, 6.07) is 10.9. The Morgan fingerprint density at radius 3 is 2.81 bits per heavy atom. The molecule has 9 heteroatoms. The van der Waals surface area contributed by atoms with Gasteiger partial charge in [0.05, 0.1) is 4.90 Å². The maximum absolute atomic E-state index is 17.2. The van der Waals surface area contributed by atoms with E-state index in [1.54, 1.807) is 24.3 Å². The highest BCUT2D eigenvalue weighted by molar-refractivity contribution is 7.92. The molecule has 4 aromatic rings. The van der Waals surface area contributed by atoms with Gasteiger partial charge in [-0.1, -0.05) is 23.6 Å². The summed E-state index contributed by atoms with van der Waals surface area (Å²) < 4.78 is 50.3. The molecule has 2 aromatic heterocycles. The van der Waals surface area contributed by atoms with Crippen molar-refractivity contribution < 1.29 is 17.2 Å². The normalized spacial score (nSPS) is 17.8. The smallest absolute Gasteiger partial charge is 0.298 e. The van der Waals surface area contributed by atoms with Crippen LogP contribution in [0.4, 0.5) is 4.39 Å². The quantitative estimate of drug-likeness (QED) is 0.433. The number of nitrogens with one attached hydrogen (secondary N) is 1. The highest BCUT2D eigenvalue weighted by atomic mass is 35.5. The van der Waals surface area contributed by atoms with Gasteiger partial charge in [0.15, 0.2) is 0 Å². The molecule has 32 heavy (non-hydrogen) atoms. The van der Waals surface area contributed by atoms with Crippen LogP contribution >= 0.6 is 11.6 Å². The van der Waals surface area contributed by atoms with Gasteiger partial charge in [-0.25, -0.2) is 12.8 Å². The fourth-order valence-electron chi connectivity index (χ4n) is 4.45. The summed E-state index contributed by atoms with van der Waals surface area (Å²) in [5.41, 5.74) is 2.39. The highest BCUT2D eigenvalue weighted by Gasteiger charge is 2.60. The van der Waals surface area contributed by atoms with Gasteiger partial charge < -0.3 is 9.40 Å². The summed E-state index contributed by atoms with van der Waals surface area (Å²) >= 11 is 6.19. The lowest BCUT2D eigenvalue weighted by Gasteiger charge is -2.28. The molecule has 1 aliphatic rings. The molecule has 0 spiro atoms. The Morgan fingerprint density at radius 2 is 2.09 bits per heavy atom. The molecule has 0 aliphatic heterocycles. The molecule has 1 aliphatic carbocycles. The number of benzene rings is 2. The molecule has 2 heterocycles. The van der Waals surface area contributed by atoms with Gasteiger partial charge in [0, 0.05) is 40.0 Å². The fraction of sp³-hybridized carbons (Fsp3) is 0.217. The van der Waals surface area contributed by atoms with Crippen molar-refractivity contribution in [3.63, 3.8) is 0 Å². The van der Waals surface area contributed by atoms with Crippen LogP contribution in [0, 0.1) is 19.3 Å². The predicted octanol–water partition coefficient (Wildman–Crippen LogP) is 4.82. The van der Waals surface area contributed by atoms with Crippen molar-refractivity contribution in [3.05, 3.63) is 76.1 Å². The maximum atomic E-state index is 17.2. The monoisotopic (exact) mass is 469 g/mol. The third-order valence-corrected chi connectivity index (χ3v) is 8.23. The zero-order valence-corrected chi connectivity index (χ0v) is 18.5. The zero-order chi connectivity index (χ0) is 22.7. The van der Waals surface area contributed by atoms with Crippen LogP contribution in [0.5, 0.6) is 0 Å². The number of terminal acetylenes is 1. The Morgan fingerprint density at radius 1 is 1.28 bits per heavy atom. The Bertz CT molecular complexity index is 1520. The molecule has 2 unspecified atom stereocenters. The average molecular weight is 470 g/mol. The van der Waals surface area contributed by atoms with E-state index in [1.807, 2.05) is 0 Å². The molecule has 0 amide bonds. The highest BCUT2D eigenvalue weighted by Crippen LogP contribution is 2.54. The molecule has 162 valence electrons. The van der Waals surface area contributed by atoms with Crippen LogP contribution in [0.3, 0.4) is 0 Å².